The van der Waals surface area contributed by atoms with E-state index in [9.17, 15) is 0 Å². The Morgan fingerprint density at radius 1 is 1.33 bits per heavy atom. The summed E-state index contributed by atoms with van der Waals surface area (Å²) in [6.45, 7) is 9.06. The molecule has 0 spiro atoms. The average Bonchev–Trinajstić information content (AvgIpc) is 2.67. The highest BCUT2D eigenvalue weighted by molar-refractivity contribution is 5.19. The number of methoxy groups -OCH3 is 1. The van der Waals surface area contributed by atoms with Crippen molar-refractivity contribution >= 4 is 0 Å². The Bertz CT molecular complexity index is 334. The summed E-state index contributed by atoms with van der Waals surface area (Å²) in [5, 5.41) is 3.34. The van der Waals surface area contributed by atoms with Crippen LogP contribution in [0.2, 0.25) is 0 Å². The van der Waals surface area contributed by atoms with Crippen LogP contribution in [0.3, 0.4) is 0 Å². The molecule has 1 aromatic heterocycles. The quantitative estimate of drug-likeness (QED) is 0.689. The number of hydrogen-bond donors (Lipinski definition) is 1. The first kappa shape index (κ1) is 15.2. The van der Waals surface area contributed by atoms with Gasteiger partial charge in [0.1, 0.15) is 11.5 Å². The molecule has 18 heavy (non-hydrogen) atoms. The van der Waals surface area contributed by atoms with E-state index in [1.807, 2.05) is 6.92 Å². The number of nitrogens with one attached hydrogen (secondary N) is 1. The van der Waals surface area contributed by atoms with E-state index in [4.69, 9.17) is 13.9 Å². The molecule has 0 aromatic carbocycles. The lowest BCUT2D eigenvalue weighted by Gasteiger charge is -2.04. The molecule has 0 aliphatic carbocycles. The van der Waals surface area contributed by atoms with Crippen molar-refractivity contribution in [3.8, 4) is 0 Å². The predicted molar refractivity (Wildman–Crippen MR) is 71.6 cm³/mol. The minimum Gasteiger partial charge on any atom is -0.465 e. The molecule has 0 aliphatic heterocycles. The third-order valence-corrected chi connectivity index (χ3v) is 2.65. The van der Waals surface area contributed by atoms with Gasteiger partial charge in [0.15, 0.2) is 0 Å². The summed E-state index contributed by atoms with van der Waals surface area (Å²) >= 11 is 0. The number of aryl methyl sites for hydroxylation is 1. The van der Waals surface area contributed by atoms with Gasteiger partial charge in [0.05, 0.1) is 13.2 Å². The molecule has 0 amide bonds. The van der Waals surface area contributed by atoms with Gasteiger partial charge in [0, 0.05) is 31.9 Å². The number of ether oxygens (including phenoxy) is 2. The molecule has 0 bridgehead atoms. The summed E-state index contributed by atoms with van der Waals surface area (Å²) in [6, 6.07) is 2.53. The van der Waals surface area contributed by atoms with Crippen LogP contribution in [0.5, 0.6) is 0 Å². The SMILES string of the molecule is COCCCOCc1cc(CNC(C)C)oc1C. The molecule has 0 unspecified atom stereocenters. The molecule has 0 aliphatic rings. The molecule has 1 rings (SSSR count). The first-order valence-electron chi connectivity index (χ1n) is 6.51. The summed E-state index contributed by atoms with van der Waals surface area (Å²) in [7, 11) is 1.70. The van der Waals surface area contributed by atoms with Gasteiger partial charge < -0.3 is 19.2 Å². The van der Waals surface area contributed by atoms with E-state index >= 15 is 0 Å². The molecule has 0 saturated heterocycles. The van der Waals surface area contributed by atoms with Crippen LogP contribution in [0.4, 0.5) is 0 Å². The molecule has 1 heterocycles. The fourth-order valence-electron chi connectivity index (χ4n) is 1.61. The lowest BCUT2D eigenvalue weighted by molar-refractivity contribution is 0.0922. The normalized spacial score (nSPS) is 11.4. The van der Waals surface area contributed by atoms with E-state index in [1.54, 1.807) is 7.11 Å². The number of rotatable bonds is 9. The molecule has 1 N–H and O–H groups in total. The van der Waals surface area contributed by atoms with Gasteiger partial charge in [0.2, 0.25) is 0 Å². The van der Waals surface area contributed by atoms with Gasteiger partial charge in [-0.05, 0) is 19.4 Å². The molecule has 0 atom stereocenters. The zero-order valence-corrected chi connectivity index (χ0v) is 11.9. The summed E-state index contributed by atoms with van der Waals surface area (Å²) in [6.07, 6.45) is 0.926. The Morgan fingerprint density at radius 3 is 2.78 bits per heavy atom. The largest absolute Gasteiger partial charge is 0.465 e. The molecule has 104 valence electrons. The van der Waals surface area contributed by atoms with Crippen molar-refractivity contribution in [1.82, 2.24) is 5.32 Å². The Balaban J connectivity index is 2.32. The van der Waals surface area contributed by atoms with E-state index in [0.29, 0.717) is 12.6 Å². The fourth-order valence-corrected chi connectivity index (χ4v) is 1.61. The Labute approximate surface area is 110 Å². The zero-order chi connectivity index (χ0) is 13.4. The molecule has 4 nitrogen and oxygen atoms in total. The van der Waals surface area contributed by atoms with E-state index in [2.05, 4.69) is 25.2 Å². The smallest absolute Gasteiger partial charge is 0.118 e. The van der Waals surface area contributed by atoms with Crippen molar-refractivity contribution in [3.63, 3.8) is 0 Å². The minimum atomic E-state index is 0.462. The second-order valence-corrected chi connectivity index (χ2v) is 4.73. The monoisotopic (exact) mass is 255 g/mol. The van der Waals surface area contributed by atoms with Crippen molar-refractivity contribution in [1.29, 1.82) is 0 Å². The van der Waals surface area contributed by atoms with Gasteiger partial charge in [-0.25, -0.2) is 0 Å². The van der Waals surface area contributed by atoms with Crippen LogP contribution < -0.4 is 5.32 Å². The van der Waals surface area contributed by atoms with Crippen molar-refractivity contribution in [2.75, 3.05) is 20.3 Å². The van der Waals surface area contributed by atoms with Crippen LogP contribution in [-0.4, -0.2) is 26.4 Å². The summed E-state index contributed by atoms with van der Waals surface area (Å²) in [5.74, 6) is 1.92. The molecule has 0 fully saturated rings. The highest BCUT2D eigenvalue weighted by Crippen LogP contribution is 2.15. The number of furan rings is 1. The van der Waals surface area contributed by atoms with E-state index < -0.39 is 0 Å². The van der Waals surface area contributed by atoms with Crippen LogP contribution in [0.15, 0.2) is 10.5 Å². The second-order valence-electron chi connectivity index (χ2n) is 4.73. The van der Waals surface area contributed by atoms with Crippen molar-refractivity contribution in [3.05, 3.63) is 23.2 Å². The maximum Gasteiger partial charge on any atom is 0.118 e. The van der Waals surface area contributed by atoms with Gasteiger partial charge in [-0.2, -0.15) is 0 Å². The van der Waals surface area contributed by atoms with Gasteiger partial charge in [-0.15, -0.1) is 0 Å². The standard InChI is InChI=1S/C14H25NO3/c1-11(2)15-9-14-8-13(12(3)18-14)10-17-7-5-6-16-4/h8,11,15H,5-7,9-10H2,1-4H3. The molecule has 4 heteroatoms. The lowest BCUT2D eigenvalue weighted by atomic mass is 10.2. The van der Waals surface area contributed by atoms with Crippen LogP contribution in [0.1, 0.15) is 37.4 Å². The first-order chi connectivity index (χ1) is 8.63. The van der Waals surface area contributed by atoms with Crippen LogP contribution in [-0.2, 0) is 22.6 Å². The molecular formula is C14H25NO3. The van der Waals surface area contributed by atoms with Crippen LogP contribution in [0, 0.1) is 6.92 Å². The van der Waals surface area contributed by atoms with Gasteiger partial charge in [-0.3, -0.25) is 0 Å². The fraction of sp³-hybridized carbons (Fsp3) is 0.714. The maximum atomic E-state index is 5.68. The summed E-state index contributed by atoms with van der Waals surface area (Å²) in [5.41, 5.74) is 1.13. The van der Waals surface area contributed by atoms with Crippen LogP contribution in [0.25, 0.3) is 0 Å². The lowest BCUT2D eigenvalue weighted by Crippen LogP contribution is -2.21. The highest BCUT2D eigenvalue weighted by atomic mass is 16.5. The zero-order valence-electron chi connectivity index (χ0n) is 11.9. The average molecular weight is 255 g/mol. The Hall–Kier alpha value is -0.840. The predicted octanol–water partition coefficient (Wildman–Crippen LogP) is 2.64. The minimum absolute atomic E-state index is 0.462. The van der Waals surface area contributed by atoms with E-state index in [1.165, 1.54) is 0 Å². The maximum absolute atomic E-state index is 5.68. The molecule has 1 aromatic rings. The topological polar surface area (TPSA) is 43.6 Å². The van der Waals surface area contributed by atoms with Gasteiger partial charge >= 0.3 is 0 Å². The Kier molecular flexibility index (Phi) is 7.01. The van der Waals surface area contributed by atoms with Crippen LogP contribution >= 0.6 is 0 Å². The van der Waals surface area contributed by atoms with Gasteiger partial charge in [-0.1, -0.05) is 13.8 Å². The third-order valence-electron chi connectivity index (χ3n) is 2.65. The molecular weight excluding hydrogens is 230 g/mol. The summed E-state index contributed by atoms with van der Waals surface area (Å²) < 4.78 is 16.2. The number of hydrogen-bond acceptors (Lipinski definition) is 4. The first-order valence-corrected chi connectivity index (χ1v) is 6.51. The van der Waals surface area contributed by atoms with E-state index in [0.717, 1.165) is 43.3 Å². The van der Waals surface area contributed by atoms with Gasteiger partial charge in [0.25, 0.3) is 0 Å². The van der Waals surface area contributed by atoms with Crippen molar-refractivity contribution in [2.24, 2.45) is 0 Å². The highest BCUT2D eigenvalue weighted by Gasteiger charge is 2.07. The molecule has 0 radical (unpaired) electrons. The van der Waals surface area contributed by atoms with Crippen molar-refractivity contribution < 1.29 is 13.9 Å². The van der Waals surface area contributed by atoms with E-state index in [-0.39, 0.29) is 0 Å². The Morgan fingerprint density at radius 2 is 2.11 bits per heavy atom. The summed E-state index contributed by atoms with van der Waals surface area (Å²) in [4.78, 5) is 0. The second kappa shape index (κ2) is 8.29. The van der Waals surface area contributed by atoms with Crippen molar-refractivity contribution in [2.45, 2.75) is 46.4 Å². The molecule has 0 saturated carbocycles. The third kappa shape index (κ3) is 5.67.